The molecule has 1 N–H and O–H groups in total. The predicted molar refractivity (Wildman–Crippen MR) is 89.7 cm³/mol. The minimum atomic E-state index is -0.262. The monoisotopic (exact) mass is 339 g/mol. The van der Waals surface area contributed by atoms with Gasteiger partial charge in [-0.2, -0.15) is 4.98 Å². The molecule has 1 aliphatic heterocycles. The van der Waals surface area contributed by atoms with Crippen molar-refractivity contribution in [3.05, 3.63) is 76.4 Å². The molecule has 128 valence electrons. The van der Waals surface area contributed by atoms with Crippen LogP contribution in [0.15, 0.2) is 47.0 Å². The Morgan fingerprint density at radius 1 is 1.16 bits per heavy atom. The SMILES string of the molecule is Fc1ccc(Cc2noc(OCc3cccc4c3CCNC4)n2)cc1. The van der Waals surface area contributed by atoms with E-state index in [4.69, 9.17) is 9.26 Å². The summed E-state index contributed by atoms with van der Waals surface area (Å²) in [4.78, 5) is 4.25. The number of benzene rings is 2. The molecule has 0 fully saturated rings. The summed E-state index contributed by atoms with van der Waals surface area (Å²) in [7, 11) is 0. The first kappa shape index (κ1) is 15.8. The topological polar surface area (TPSA) is 60.2 Å². The Labute approximate surface area is 144 Å². The maximum atomic E-state index is 12.9. The summed E-state index contributed by atoms with van der Waals surface area (Å²) in [6.07, 6.45) is 1.62. The Morgan fingerprint density at radius 2 is 2.04 bits per heavy atom. The quantitative estimate of drug-likeness (QED) is 0.774. The van der Waals surface area contributed by atoms with Crippen molar-refractivity contribution in [2.45, 2.75) is 26.0 Å². The van der Waals surface area contributed by atoms with Crippen LogP contribution in [0.3, 0.4) is 0 Å². The molecule has 1 aromatic heterocycles. The van der Waals surface area contributed by atoms with Crippen LogP contribution in [-0.2, 0) is 26.0 Å². The lowest BCUT2D eigenvalue weighted by molar-refractivity contribution is 0.194. The standard InChI is InChI=1S/C19H18FN3O2/c20-16-6-4-13(5-7-16)10-18-22-19(25-23-18)24-12-15-3-1-2-14-11-21-9-8-17(14)15/h1-7,21H,8-12H2. The van der Waals surface area contributed by atoms with Crippen LogP contribution in [-0.4, -0.2) is 16.7 Å². The molecule has 0 aliphatic carbocycles. The molecule has 6 heteroatoms. The summed E-state index contributed by atoms with van der Waals surface area (Å²) >= 11 is 0. The van der Waals surface area contributed by atoms with Crippen LogP contribution >= 0.6 is 0 Å². The second kappa shape index (κ2) is 7.03. The second-order valence-electron chi connectivity index (χ2n) is 6.05. The lowest BCUT2D eigenvalue weighted by Gasteiger charge is -2.19. The van der Waals surface area contributed by atoms with E-state index in [1.54, 1.807) is 12.1 Å². The molecular weight excluding hydrogens is 321 g/mol. The van der Waals surface area contributed by atoms with Crippen molar-refractivity contribution in [1.29, 1.82) is 0 Å². The summed E-state index contributed by atoms with van der Waals surface area (Å²) in [6, 6.07) is 12.5. The van der Waals surface area contributed by atoms with Crippen LogP contribution in [0.4, 0.5) is 4.39 Å². The van der Waals surface area contributed by atoms with E-state index < -0.39 is 0 Å². The van der Waals surface area contributed by atoms with Crippen molar-refractivity contribution in [1.82, 2.24) is 15.5 Å². The van der Waals surface area contributed by atoms with Gasteiger partial charge in [0.05, 0.1) is 0 Å². The second-order valence-corrected chi connectivity index (χ2v) is 6.05. The molecule has 1 aliphatic rings. The number of hydrogen-bond donors (Lipinski definition) is 1. The molecule has 0 amide bonds. The number of rotatable bonds is 5. The first-order chi connectivity index (χ1) is 12.3. The average Bonchev–Trinajstić information content (AvgIpc) is 3.09. The van der Waals surface area contributed by atoms with E-state index in [2.05, 4.69) is 27.6 Å². The maximum absolute atomic E-state index is 12.9. The zero-order valence-electron chi connectivity index (χ0n) is 13.7. The zero-order valence-corrected chi connectivity index (χ0v) is 13.7. The highest BCUT2D eigenvalue weighted by molar-refractivity contribution is 5.36. The molecule has 3 aromatic rings. The fraction of sp³-hybridized carbons (Fsp3) is 0.263. The van der Waals surface area contributed by atoms with Crippen molar-refractivity contribution in [3.8, 4) is 6.08 Å². The highest BCUT2D eigenvalue weighted by Gasteiger charge is 2.14. The van der Waals surface area contributed by atoms with E-state index in [-0.39, 0.29) is 11.9 Å². The summed E-state index contributed by atoms with van der Waals surface area (Å²) in [5, 5.41) is 7.29. The largest absolute Gasteiger partial charge is 0.444 e. The van der Waals surface area contributed by atoms with Crippen molar-refractivity contribution < 1.29 is 13.7 Å². The van der Waals surface area contributed by atoms with Crippen molar-refractivity contribution in [3.63, 3.8) is 0 Å². The van der Waals surface area contributed by atoms with E-state index in [1.165, 1.54) is 23.3 Å². The molecule has 5 nitrogen and oxygen atoms in total. The van der Waals surface area contributed by atoms with Crippen LogP contribution in [0.2, 0.25) is 0 Å². The molecule has 0 spiro atoms. The molecule has 0 saturated heterocycles. The number of nitrogens with zero attached hydrogens (tertiary/aromatic N) is 2. The summed E-state index contributed by atoms with van der Waals surface area (Å²) < 4.78 is 23.8. The van der Waals surface area contributed by atoms with Gasteiger partial charge in [0.15, 0.2) is 5.82 Å². The summed E-state index contributed by atoms with van der Waals surface area (Å²) in [5.41, 5.74) is 4.72. The van der Waals surface area contributed by atoms with Crippen LogP contribution in [0.25, 0.3) is 0 Å². The zero-order chi connectivity index (χ0) is 17.1. The van der Waals surface area contributed by atoms with Gasteiger partial charge in [-0.25, -0.2) is 4.39 Å². The smallest absolute Gasteiger partial charge is 0.417 e. The van der Waals surface area contributed by atoms with Gasteiger partial charge in [0.2, 0.25) is 0 Å². The minimum Gasteiger partial charge on any atom is -0.444 e. The number of hydrogen-bond acceptors (Lipinski definition) is 5. The molecule has 0 saturated carbocycles. The van der Waals surface area contributed by atoms with Gasteiger partial charge in [-0.3, -0.25) is 4.52 Å². The Kier molecular flexibility index (Phi) is 4.43. The molecule has 0 atom stereocenters. The van der Waals surface area contributed by atoms with Crippen LogP contribution < -0.4 is 10.1 Å². The van der Waals surface area contributed by atoms with Crippen LogP contribution in [0.5, 0.6) is 6.08 Å². The minimum absolute atomic E-state index is 0.156. The highest BCUT2D eigenvalue weighted by atomic mass is 19.1. The van der Waals surface area contributed by atoms with E-state index in [1.807, 2.05) is 6.07 Å². The van der Waals surface area contributed by atoms with E-state index >= 15 is 0 Å². The van der Waals surface area contributed by atoms with Gasteiger partial charge in [-0.1, -0.05) is 35.5 Å². The van der Waals surface area contributed by atoms with Crippen LogP contribution in [0.1, 0.15) is 28.1 Å². The first-order valence-electron chi connectivity index (χ1n) is 8.28. The Morgan fingerprint density at radius 3 is 2.92 bits per heavy atom. The third-order valence-corrected chi connectivity index (χ3v) is 4.31. The Bertz CT molecular complexity index is 861. The fourth-order valence-electron chi connectivity index (χ4n) is 3.04. The van der Waals surface area contributed by atoms with Crippen molar-refractivity contribution in [2.75, 3.05) is 6.54 Å². The fourth-order valence-corrected chi connectivity index (χ4v) is 3.04. The molecule has 25 heavy (non-hydrogen) atoms. The first-order valence-corrected chi connectivity index (χ1v) is 8.28. The highest BCUT2D eigenvalue weighted by Crippen LogP contribution is 2.20. The number of fused-ring (bicyclic) bond motifs is 1. The number of ether oxygens (including phenoxy) is 1. The molecule has 2 aromatic carbocycles. The lowest BCUT2D eigenvalue weighted by atomic mass is 9.96. The Hall–Kier alpha value is -2.73. The van der Waals surface area contributed by atoms with E-state index in [9.17, 15) is 4.39 Å². The number of halogens is 1. The molecule has 4 rings (SSSR count). The lowest BCUT2D eigenvalue weighted by Crippen LogP contribution is -2.24. The van der Waals surface area contributed by atoms with Gasteiger partial charge in [0.1, 0.15) is 12.4 Å². The summed E-state index contributed by atoms with van der Waals surface area (Å²) in [6.45, 7) is 2.28. The van der Waals surface area contributed by atoms with Crippen molar-refractivity contribution in [2.24, 2.45) is 0 Å². The third-order valence-electron chi connectivity index (χ3n) is 4.31. The summed E-state index contributed by atoms with van der Waals surface area (Å²) in [5.74, 6) is 0.253. The average molecular weight is 339 g/mol. The normalized spacial score (nSPS) is 13.5. The predicted octanol–water partition coefficient (Wildman–Crippen LogP) is 3.02. The molecule has 0 radical (unpaired) electrons. The van der Waals surface area contributed by atoms with E-state index in [0.29, 0.717) is 18.9 Å². The maximum Gasteiger partial charge on any atom is 0.417 e. The van der Waals surface area contributed by atoms with Gasteiger partial charge in [0, 0.05) is 13.0 Å². The molecule has 2 heterocycles. The van der Waals surface area contributed by atoms with Crippen molar-refractivity contribution >= 4 is 0 Å². The number of aromatic nitrogens is 2. The Balaban J connectivity index is 1.41. The third kappa shape index (κ3) is 3.69. The molecular formula is C19H18FN3O2. The van der Waals surface area contributed by atoms with E-state index in [0.717, 1.165) is 30.6 Å². The van der Waals surface area contributed by atoms with Gasteiger partial charge in [-0.05, 0) is 47.4 Å². The molecule has 0 bridgehead atoms. The molecule has 0 unspecified atom stereocenters. The van der Waals surface area contributed by atoms with Gasteiger partial charge >= 0.3 is 6.08 Å². The van der Waals surface area contributed by atoms with Crippen LogP contribution in [0, 0.1) is 5.82 Å². The van der Waals surface area contributed by atoms with Gasteiger partial charge in [0.25, 0.3) is 0 Å². The number of nitrogens with one attached hydrogen (secondary N) is 1. The van der Waals surface area contributed by atoms with Gasteiger partial charge in [-0.15, -0.1) is 0 Å². The van der Waals surface area contributed by atoms with Gasteiger partial charge < -0.3 is 10.1 Å².